The van der Waals surface area contributed by atoms with Crippen LogP contribution in [0.15, 0.2) is 53.5 Å². The number of anilines is 1. The number of nitrogens with one attached hydrogen (secondary N) is 1. The number of rotatable bonds is 5. The van der Waals surface area contributed by atoms with Crippen LogP contribution in [-0.2, 0) is 0 Å². The summed E-state index contributed by atoms with van der Waals surface area (Å²) in [6.45, 7) is 3.88. The number of nitrogens with two attached hydrogens (primary N) is 1. The average Bonchev–Trinajstić information content (AvgIpc) is 2.66. The first-order chi connectivity index (χ1) is 13.1. The van der Waals surface area contributed by atoms with E-state index >= 15 is 0 Å². The van der Waals surface area contributed by atoms with Crippen molar-refractivity contribution in [3.05, 3.63) is 59.7 Å². The molecule has 1 aliphatic heterocycles. The van der Waals surface area contributed by atoms with Gasteiger partial charge in [-0.05, 0) is 74.7 Å². The Morgan fingerprint density at radius 3 is 2.74 bits per heavy atom. The average molecular weight is 367 g/mol. The summed E-state index contributed by atoms with van der Waals surface area (Å²) in [4.78, 5) is 7.07. The highest BCUT2D eigenvalue weighted by Gasteiger charge is 2.30. The highest BCUT2D eigenvalue weighted by molar-refractivity contribution is 5.92. The molecular formula is C22H30N4O. The van der Waals surface area contributed by atoms with Gasteiger partial charge in [0, 0.05) is 18.3 Å². The molecule has 1 saturated heterocycles. The highest BCUT2D eigenvalue weighted by Crippen LogP contribution is 2.35. The summed E-state index contributed by atoms with van der Waals surface area (Å²) in [6.07, 6.45) is 2.34. The van der Waals surface area contributed by atoms with Gasteiger partial charge in [0.1, 0.15) is 5.75 Å². The number of aryl methyl sites for hydroxylation is 1. The van der Waals surface area contributed by atoms with Gasteiger partial charge in [-0.2, -0.15) is 0 Å². The SMILES string of the molecule is COc1ccc(C2C(CN=C(N)Nc3cccc(C)c3)CCCN2C)cc1. The fraction of sp³-hybridized carbons (Fsp3) is 0.409. The van der Waals surface area contributed by atoms with Crippen molar-refractivity contribution in [3.63, 3.8) is 0 Å². The number of likely N-dealkylation sites (tertiary alicyclic amines) is 1. The summed E-state index contributed by atoms with van der Waals surface area (Å²) < 4.78 is 5.29. The quantitative estimate of drug-likeness (QED) is 0.624. The number of benzene rings is 2. The molecule has 2 atom stereocenters. The number of methoxy groups -OCH3 is 1. The Balaban J connectivity index is 1.70. The minimum absolute atomic E-state index is 0.347. The first-order valence-corrected chi connectivity index (χ1v) is 9.54. The second kappa shape index (κ2) is 8.91. The van der Waals surface area contributed by atoms with E-state index in [2.05, 4.69) is 53.4 Å². The van der Waals surface area contributed by atoms with Gasteiger partial charge in [-0.1, -0.05) is 24.3 Å². The minimum atomic E-state index is 0.347. The largest absolute Gasteiger partial charge is 0.497 e. The van der Waals surface area contributed by atoms with Gasteiger partial charge in [0.2, 0.25) is 0 Å². The molecule has 27 heavy (non-hydrogen) atoms. The Morgan fingerprint density at radius 1 is 1.26 bits per heavy atom. The summed E-state index contributed by atoms with van der Waals surface area (Å²) in [5.41, 5.74) is 9.62. The van der Waals surface area contributed by atoms with E-state index in [9.17, 15) is 0 Å². The Kier molecular flexibility index (Phi) is 6.35. The molecule has 144 valence electrons. The zero-order valence-corrected chi connectivity index (χ0v) is 16.5. The van der Waals surface area contributed by atoms with E-state index in [0.29, 0.717) is 24.5 Å². The van der Waals surface area contributed by atoms with Crippen LogP contribution in [0.3, 0.4) is 0 Å². The molecule has 2 aromatic rings. The molecule has 5 nitrogen and oxygen atoms in total. The first kappa shape index (κ1) is 19.2. The minimum Gasteiger partial charge on any atom is -0.497 e. The van der Waals surface area contributed by atoms with Crippen molar-refractivity contribution in [1.29, 1.82) is 0 Å². The summed E-state index contributed by atoms with van der Waals surface area (Å²) in [5, 5.41) is 3.20. The fourth-order valence-corrected chi connectivity index (χ4v) is 3.90. The van der Waals surface area contributed by atoms with Gasteiger partial charge in [0.05, 0.1) is 7.11 Å². The molecule has 2 aromatic carbocycles. The third-order valence-electron chi connectivity index (χ3n) is 5.25. The van der Waals surface area contributed by atoms with Crippen molar-refractivity contribution in [2.75, 3.05) is 32.6 Å². The van der Waals surface area contributed by atoms with Gasteiger partial charge in [0.15, 0.2) is 5.96 Å². The highest BCUT2D eigenvalue weighted by atomic mass is 16.5. The van der Waals surface area contributed by atoms with Gasteiger partial charge in [0.25, 0.3) is 0 Å². The van der Waals surface area contributed by atoms with E-state index in [0.717, 1.165) is 24.4 Å². The van der Waals surface area contributed by atoms with E-state index in [1.54, 1.807) is 7.11 Å². The molecule has 0 aromatic heterocycles. The number of piperidine rings is 1. The van der Waals surface area contributed by atoms with Gasteiger partial charge in [-0.25, -0.2) is 0 Å². The Labute approximate surface area is 162 Å². The number of nitrogens with zero attached hydrogens (tertiary/aromatic N) is 2. The summed E-state index contributed by atoms with van der Waals surface area (Å²) in [6, 6.07) is 16.9. The van der Waals surface area contributed by atoms with E-state index < -0.39 is 0 Å². The fourth-order valence-electron chi connectivity index (χ4n) is 3.90. The van der Waals surface area contributed by atoms with Crippen molar-refractivity contribution in [2.45, 2.75) is 25.8 Å². The van der Waals surface area contributed by atoms with Crippen LogP contribution >= 0.6 is 0 Å². The summed E-state index contributed by atoms with van der Waals surface area (Å²) >= 11 is 0. The third-order valence-corrected chi connectivity index (χ3v) is 5.25. The Hall–Kier alpha value is -2.53. The molecule has 0 bridgehead atoms. The molecular weight excluding hydrogens is 336 g/mol. The number of hydrogen-bond acceptors (Lipinski definition) is 3. The number of guanidine groups is 1. The Bertz CT molecular complexity index is 772. The predicted molar refractivity (Wildman–Crippen MR) is 112 cm³/mol. The zero-order chi connectivity index (χ0) is 19.2. The Morgan fingerprint density at radius 2 is 2.04 bits per heavy atom. The number of hydrogen-bond donors (Lipinski definition) is 2. The lowest BCUT2D eigenvalue weighted by Crippen LogP contribution is -2.38. The van der Waals surface area contributed by atoms with Crippen molar-refractivity contribution in [2.24, 2.45) is 16.6 Å². The van der Waals surface area contributed by atoms with Crippen LogP contribution in [0.5, 0.6) is 5.75 Å². The third kappa shape index (κ3) is 5.01. The van der Waals surface area contributed by atoms with Gasteiger partial charge < -0.3 is 15.8 Å². The molecule has 5 heteroatoms. The lowest BCUT2D eigenvalue weighted by Gasteiger charge is -2.39. The van der Waals surface area contributed by atoms with E-state index in [1.165, 1.54) is 17.5 Å². The van der Waals surface area contributed by atoms with E-state index in [1.807, 2.05) is 24.3 Å². The van der Waals surface area contributed by atoms with Crippen LogP contribution in [-0.4, -0.2) is 38.1 Å². The topological polar surface area (TPSA) is 62.9 Å². The standard InChI is InChI=1S/C22H30N4O/c1-16-6-4-8-19(14-16)25-22(23)24-15-18-7-5-13-26(2)21(18)17-9-11-20(27-3)12-10-17/h4,6,8-12,14,18,21H,5,7,13,15H2,1-3H3,(H3,23,24,25). The van der Waals surface area contributed by atoms with E-state index in [4.69, 9.17) is 10.5 Å². The molecule has 1 aliphatic rings. The molecule has 0 radical (unpaired) electrons. The van der Waals surface area contributed by atoms with Crippen molar-refractivity contribution >= 4 is 11.6 Å². The van der Waals surface area contributed by atoms with Crippen molar-refractivity contribution in [1.82, 2.24) is 4.90 Å². The maximum Gasteiger partial charge on any atom is 0.193 e. The van der Waals surface area contributed by atoms with E-state index in [-0.39, 0.29) is 0 Å². The van der Waals surface area contributed by atoms with Crippen LogP contribution in [0.2, 0.25) is 0 Å². The van der Waals surface area contributed by atoms with Crippen LogP contribution in [0.25, 0.3) is 0 Å². The summed E-state index contributed by atoms with van der Waals surface area (Å²) in [7, 11) is 3.89. The molecule has 3 rings (SSSR count). The number of aliphatic imine (C=N–C) groups is 1. The predicted octanol–water partition coefficient (Wildman–Crippen LogP) is 3.81. The van der Waals surface area contributed by atoms with Gasteiger partial charge in [-0.15, -0.1) is 0 Å². The molecule has 0 amide bonds. The molecule has 1 heterocycles. The van der Waals surface area contributed by atoms with Gasteiger partial charge in [-0.3, -0.25) is 9.89 Å². The molecule has 0 saturated carbocycles. The van der Waals surface area contributed by atoms with Crippen LogP contribution in [0.1, 0.15) is 30.0 Å². The first-order valence-electron chi connectivity index (χ1n) is 9.54. The smallest absolute Gasteiger partial charge is 0.193 e. The van der Waals surface area contributed by atoms with Crippen molar-refractivity contribution in [3.8, 4) is 5.75 Å². The van der Waals surface area contributed by atoms with Gasteiger partial charge >= 0.3 is 0 Å². The molecule has 3 N–H and O–H groups in total. The normalized spacial score (nSPS) is 21.1. The lowest BCUT2D eigenvalue weighted by molar-refractivity contribution is 0.125. The van der Waals surface area contributed by atoms with Crippen molar-refractivity contribution < 1.29 is 4.74 Å². The van der Waals surface area contributed by atoms with Crippen LogP contribution in [0.4, 0.5) is 5.69 Å². The number of ether oxygens (including phenoxy) is 1. The van der Waals surface area contributed by atoms with Crippen LogP contribution < -0.4 is 15.8 Å². The molecule has 2 unspecified atom stereocenters. The summed E-state index contributed by atoms with van der Waals surface area (Å²) in [5.74, 6) is 1.80. The second-order valence-electron chi connectivity index (χ2n) is 7.32. The maximum atomic E-state index is 6.14. The second-order valence-corrected chi connectivity index (χ2v) is 7.32. The van der Waals surface area contributed by atoms with Crippen LogP contribution in [0, 0.1) is 12.8 Å². The molecule has 0 spiro atoms. The maximum absolute atomic E-state index is 6.14. The monoisotopic (exact) mass is 366 g/mol. The zero-order valence-electron chi connectivity index (χ0n) is 16.5. The molecule has 0 aliphatic carbocycles. The molecule has 1 fully saturated rings. The lowest BCUT2D eigenvalue weighted by atomic mass is 9.85.